The standard InChI is InChI=1S/C14H15N3/c1-12(13-4-6-15-7-5-13)17-10-9-16-8-2-3-14(16)11-17/h2-10,12H,11H2,1H3. The summed E-state index contributed by atoms with van der Waals surface area (Å²) in [6.45, 7) is 3.17. The van der Waals surface area contributed by atoms with E-state index in [0.29, 0.717) is 6.04 Å². The molecule has 0 fully saturated rings. The van der Waals surface area contributed by atoms with Gasteiger partial charge in [0.25, 0.3) is 0 Å². The summed E-state index contributed by atoms with van der Waals surface area (Å²) in [6, 6.07) is 8.77. The second-order valence-electron chi connectivity index (χ2n) is 4.33. The van der Waals surface area contributed by atoms with Crippen LogP contribution in [0.3, 0.4) is 0 Å². The average molecular weight is 225 g/mol. The highest BCUT2D eigenvalue weighted by molar-refractivity contribution is 5.32. The van der Waals surface area contributed by atoms with Crippen LogP contribution in [0.25, 0.3) is 6.20 Å². The fourth-order valence-corrected chi connectivity index (χ4v) is 2.21. The van der Waals surface area contributed by atoms with Gasteiger partial charge in [-0.1, -0.05) is 0 Å². The van der Waals surface area contributed by atoms with Crippen molar-refractivity contribution in [2.24, 2.45) is 0 Å². The molecule has 0 aromatic carbocycles. The lowest BCUT2D eigenvalue weighted by Gasteiger charge is -2.31. The Morgan fingerprint density at radius 1 is 1.18 bits per heavy atom. The van der Waals surface area contributed by atoms with Crippen molar-refractivity contribution in [2.45, 2.75) is 19.5 Å². The predicted molar refractivity (Wildman–Crippen MR) is 68.0 cm³/mol. The molecule has 1 aliphatic rings. The molecule has 86 valence electrons. The van der Waals surface area contributed by atoms with Gasteiger partial charge in [-0.3, -0.25) is 4.98 Å². The Bertz CT molecular complexity index is 527. The maximum Gasteiger partial charge on any atom is 0.0586 e. The molecule has 0 bridgehead atoms. The molecule has 0 amide bonds. The second kappa shape index (κ2) is 4.09. The third-order valence-corrected chi connectivity index (χ3v) is 3.32. The highest BCUT2D eigenvalue weighted by Crippen LogP contribution is 2.25. The molecule has 0 spiro atoms. The summed E-state index contributed by atoms with van der Waals surface area (Å²) in [5, 5.41) is 0. The Morgan fingerprint density at radius 2 is 2.00 bits per heavy atom. The first kappa shape index (κ1) is 10.1. The molecule has 17 heavy (non-hydrogen) atoms. The maximum absolute atomic E-state index is 4.06. The molecule has 1 atom stereocenters. The average Bonchev–Trinajstić information content (AvgIpc) is 2.86. The van der Waals surface area contributed by atoms with Crippen molar-refractivity contribution in [1.29, 1.82) is 0 Å². The summed E-state index contributed by atoms with van der Waals surface area (Å²) in [4.78, 5) is 6.40. The molecule has 3 heteroatoms. The number of hydrogen-bond donors (Lipinski definition) is 0. The van der Waals surface area contributed by atoms with E-state index >= 15 is 0 Å². The summed E-state index contributed by atoms with van der Waals surface area (Å²) < 4.78 is 2.16. The summed E-state index contributed by atoms with van der Waals surface area (Å²) in [7, 11) is 0. The van der Waals surface area contributed by atoms with Gasteiger partial charge in [-0.2, -0.15) is 0 Å². The quantitative estimate of drug-likeness (QED) is 0.783. The monoisotopic (exact) mass is 225 g/mol. The number of fused-ring (bicyclic) bond motifs is 1. The molecule has 0 saturated carbocycles. The normalized spacial score (nSPS) is 15.7. The number of nitrogens with zero attached hydrogens (tertiary/aromatic N) is 3. The van der Waals surface area contributed by atoms with E-state index in [1.54, 1.807) is 0 Å². The first-order chi connectivity index (χ1) is 8.34. The lowest BCUT2D eigenvalue weighted by Crippen LogP contribution is -2.24. The van der Waals surface area contributed by atoms with Crippen LogP contribution < -0.4 is 0 Å². The molecule has 3 rings (SSSR count). The summed E-state index contributed by atoms with van der Waals surface area (Å²) >= 11 is 0. The van der Waals surface area contributed by atoms with Crippen LogP contribution in [0.15, 0.2) is 49.1 Å². The van der Waals surface area contributed by atoms with Crippen LogP contribution >= 0.6 is 0 Å². The van der Waals surface area contributed by atoms with Crippen molar-refractivity contribution >= 4 is 6.20 Å². The van der Waals surface area contributed by atoms with Crippen molar-refractivity contribution in [1.82, 2.24) is 14.5 Å². The van der Waals surface area contributed by atoms with E-state index in [-0.39, 0.29) is 0 Å². The molecule has 0 aliphatic carbocycles. The molecule has 1 unspecified atom stereocenters. The fourth-order valence-electron chi connectivity index (χ4n) is 2.21. The Balaban J connectivity index is 1.83. The molecular weight excluding hydrogens is 210 g/mol. The summed E-state index contributed by atoms with van der Waals surface area (Å²) in [5.74, 6) is 0. The Kier molecular flexibility index (Phi) is 2.44. The van der Waals surface area contributed by atoms with Crippen LogP contribution in [0.5, 0.6) is 0 Å². The highest BCUT2D eigenvalue weighted by Gasteiger charge is 2.16. The Hall–Kier alpha value is -2.03. The predicted octanol–water partition coefficient (Wildman–Crippen LogP) is 2.89. The van der Waals surface area contributed by atoms with Gasteiger partial charge < -0.3 is 9.47 Å². The van der Waals surface area contributed by atoms with Crippen LogP contribution in [0.1, 0.15) is 24.2 Å². The van der Waals surface area contributed by atoms with Crippen LogP contribution in [0.2, 0.25) is 0 Å². The zero-order valence-electron chi connectivity index (χ0n) is 9.82. The SMILES string of the molecule is CC(c1ccncc1)N1C=Cn2cccc2C1. The molecule has 0 N–H and O–H groups in total. The summed E-state index contributed by atoms with van der Waals surface area (Å²) in [5.41, 5.74) is 2.62. The molecule has 3 heterocycles. The molecule has 2 aromatic heterocycles. The van der Waals surface area contributed by atoms with Crippen LogP contribution in [0.4, 0.5) is 0 Å². The minimum absolute atomic E-state index is 0.373. The fraction of sp³-hybridized carbons (Fsp3) is 0.214. The maximum atomic E-state index is 4.06. The number of aromatic nitrogens is 2. The van der Waals surface area contributed by atoms with Crippen molar-refractivity contribution in [2.75, 3.05) is 0 Å². The van der Waals surface area contributed by atoms with Crippen LogP contribution in [-0.4, -0.2) is 14.5 Å². The van der Waals surface area contributed by atoms with Gasteiger partial charge in [0.1, 0.15) is 0 Å². The zero-order chi connectivity index (χ0) is 11.7. The molecule has 1 aliphatic heterocycles. The van der Waals surface area contributed by atoms with Gasteiger partial charge >= 0.3 is 0 Å². The number of pyridine rings is 1. The van der Waals surface area contributed by atoms with Gasteiger partial charge in [-0.25, -0.2) is 0 Å². The van der Waals surface area contributed by atoms with Crippen molar-refractivity contribution in [3.63, 3.8) is 0 Å². The van der Waals surface area contributed by atoms with E-state index in [4.69, 9.17) is 0 Å². The minimum atomic E-state index is 0.373. The Morgan fingerprint density at radius 3 is 2.82 bits per heavy atom. The van der Waals surface area contributed by atoms with Gasteiger partial charge in [0.15, 0.2) is 0 Å². The van der Waals surface area contributed by atoms with E-state index in [2.05, 4.69) is 64.2 Å². The van der Waals surface area contributed by atoms with Crippen molar-refractivity contribution < 1.29 is 0 Å². The minimum Gasteiger partial charge on any atom is -0.364 e. The van der Waals surface area contributed by atoms with Gasteiger partial charge in [-0.15, -0.1) is 0 Å². The smallest absolute Gasteiger partial charge is 0.0586 e. The third kappa shape index (κ3) is 1.84. The molecule has 2 aromatic rings. The van der Waals surface area contributed by atoms with Gasteiger partial charge in [-0.05, 0) is 36.8 Å². The molecule has 0 radical (unpaired) electrons. The van der Waals surface area contributed by atoms with Crippen molar-refractivity contribution in [3.8, 4) is 0 Å². The zero-order valence-corrected chi connectivity index (χ0v) is 9.82. The van der Waals surface area contributed by atoms with Crippen LogP contribution in [-0.2, 0) is 6.54 Å². The molecular formula is C14H15N3. The molecule has 0 saturated heterocycles. The molecule has 3 nitrogen and oxygen atoms in total. The van der Waals surface area contributed by atoms with Crippen LogP contribution in [0, 0.1) is 0 Å². The van der Waals surface area contributed by atoms with Gasteiger partial charge in [0.05, 0.1) is 12.6 Å². The topological polar surface area (TPSA) is 21.1 Å². The van der Waals surface area contributed by atoms with E-state index in [1.807, 2.05) is 12.4 Å². The number of rotatable bonds is 2. The second-order valence-corrected chi connectivity index (χ2v) is 4.33. The van der Waals surface area contributed by atoms with E-state index in [1.165, 1.54) is 11.3 Å². The van der Waals surface area contributed by atoms with Crippen molar-refractivity contribution in [3.05, 3.63) is 60.3 Å². The number of hydrogen-bond acceptors (Lipinski definition) is 2. The van der Waals surface area contributed by atoms with Gasteiger partial charge in [0.2, 0.25) is 0 Å². The van der Waals surface area contributed by atoms with E-state index < -0.39 is 0 Å². The Labute approximate surface area is 101 Å². The third-order valence-electron chi connectivity index (χ3n) is 3.32. The van der Waals surface area contributed by atoms with E-state index in [0.717, 1.165) is 6.54 Å². The summed E-state index contributed by atoms with van der Waals surface area (Å²) in [6.07, 6.45) is 10.0. The first-order valence-electron chi connectivity index (χ1n) is 5.84. The largest absolute Gasteiger partial charge is 0.364 e. The van der Waals surface area contributed by atoms with E-state index in [9.17, 15) is 0 Å². The lowest BCUT2D eigenvalue weighted by atomic mass is 10.1. The first-order valence-corrected chi connectivity index (χ1v) is 5.84. The highest BCUT2D eigenvalue weighted by atomic mass is 15.2. The van der Waals surface area contributed by atoms with Gasteiger partial charge in [0, 0.05) is 36.7 Å². The lowest BCUT2D eigenvalue weighted by molar-refractivity contribution is 0.280.